The Balaban J connectivity index is 2.29. The van der Waals surface area contributed by atoms with Crippen molar-refractivity contribution in [3.63, 3.8) is 0 Å². The Labute approximate surface area is 161 Å². The van der Waals surface area contributed by atoms with Gasteiger partial charge in [0.2, 0.25) is 0 Å². The van der Waals surface area contributed by atoms with Gasteiger partial charge in [0, 0.05) is 0 Å². The number of nitrogens with zero attached hydrogens (tertiary/aromatic N) is 1. The number of alkyl halides is 2. The molecule has 2 aromatic carbocycles. The van der Waals surface area contributed by atoms with E-state index in [1.54, 1.807) is 0 Å². The van der Waals surface area contributed by atoms with E-state index in [1.807, 2.05) is 12.1 Å². The van der Waals surface area contributed by atoms with Crippen LogP contribution >= 0.6 is 0 Å². The monoisotopic (exact) mass is 451 g/mol. The molecule has 2 aromatic rings. The molecule has 2 N–H and O–H groups in total. The summed E-state index contributed by atoms with van der Waals surface area (Å²) in [5.74, 6) is -0.195. The van der Waals surface area contributed by atoms with E-state index in [4.69, 9.17) is 5.73 Å². The second-order valence-corrected chi connectivity index (χ2v) is 9.59. The Bertz CT molecular complexity index is 633. The summed E-state index contributed by atoms with van der Waals surface area (Å²) in [6.07, 6.45) is 1.62. The van der Waals surface area contributed by atoms with Gasteiger partial charge >= 0.3 is 162 Å². The summed E-state index contributed by atoms with van der Waals surface area (Å²) in [4.78, 5) is 14.2. The molecule has 2 rings (SSSR count). The van der Waals surface area contributed by atoms with Gasteiger partial charge in [0.25, 0.3) is 0 Å². The van der Waals surface area contributed by atoms with Gasteiger partial charge in [-0.3, -0.25) is 0 Å². The molecule has 0 aliphatic rings. The van der Waals surface area contributed by atoms with Crippen LogP contribution in [0, 0.1) is 0 Å². The predicted octanol–water partition coefficient (Wildman–Crippen LogP) is 0.950. The number of primary amides is 1. The molecular formula is C21H28IN2O-. The van der Waals surface area contributed by atoms with Gasteiger partial charge in [-0.15, -0.1) is 0 Å². The number of hydrogen-bond donors (Lipinski definition) is 1. The Hall–Kier alpha value is -1.40. The molecule has 136 valence electrons. The number of amides is 1. The fourth-order valence-electron chi connectivity index (χ4n) is 2.86. The molecule has 0 radical (unpaired) electrons. The van der Waals surface area contributed by atoms with E-state index in [9.17, 15) is 4.79 Å². The molecule has 3 nitrogen and oxygen atoms in total. The van der Waals surface area contributed by atoms with Crippen LogP contribution < -0.4 is 26.9 Å². The van der Waals surface area contributed by atoms with Crippen LogP contribution in [0.3, 0.4) is 0 Å². The SMILES string of the molecule is CCC[I-]C(CC(N)=O)N(Cc1ccccc1)[C@@H](C)c1ccccc1. The molecule has 0 aromatic heterocycles. The minimum absolute atomic E-state index is 0.114. The maximum atomic E-state index is 11.7. The summed E-state index contributed by atoms with van der Waals surface area (Å²) in [7, 11) is 0. The molecule has 25 heavy (non-hydrogen) atoms. The van der Waals surface area contributed by atoms with Crippen LogP contribution in [0.15, 0.2) is 60.7 Å². The fraction of sp³-hybridized carbons (Fsp3) is 0.381. The summed E-state index contributed by atoms with van der Waals surface area (Å²) < 4.78 is 1.48. The van der Waals surface area contributed by atoms with Crippen LogP contribution in [-0.2, 0) is 11.3 Å². The van der Waals surface area contributed by atoms with E-state index < -0.39 is 0 Å². The van der Waals surface area contributed by atoms with Gasteiger partial charge < -0.3 is 0 Å². The first-order valence-corrected chi connectivity index (χ1v) is 11.6. The zero-order valence-electron chi connectivity index (χ0n) is 15.1. The van der Waals surface area contributed by atoms with Crippen LogP contribution in [-0.4, -0.2) is 19.3 Å². The Morgan fingerprint density at radius 1 is 1.08 bits per heavy atom. The second kappa shape index (κ2) is 10.6. The van der Waals surface area contributed by atoms with Crippen LogP contribution in [0.5, 0.6) is 0 Å². The maximum absolute atomic E-state index is 11.7. The fourth-order valence-corrected chi connectivity index (χ4v) is 6.13. The third-order valence-electron chi connectivity index (χ3n) is 4.19. The van der Waals surface area contributed by atoms with Crippen molar-refractivity contribution < 1.29 is 26.0 Å². The average Bonchev–Trinajstić information content (AvgIpc) is 2.64. The Morgan fingerprint density at radius 2 is 1.68 bits per heavy atom. The van der Waals surface area contributed by atoms with Gasteiger partial charge in [0.1, 0.15) is 0 Å². The molecule has 4 heteroatoms. The molecule has 1 unspecified atom stereocenters. The summed E-state index contributed by atoms with van der Waals surface area (Å²) in [5, 5.41) is 0. The van der Waals surface area contributed by atoms with Gasteiger partial charge in [0.15, 0.2) is 0 Å². The van der Waals surface area contributed by atoms with E-state index >= 15 is 0 Å². The zero-order chi connectivity index (χ0) is 18.1. The molecular weight excluding hydrogens is 423 g/mol. The van der Waals surface area contributed by atoms with Gasteiger partial charge in [-0.2, -0.15) is 0 Å². The molecule has 0 aliphatic carbocycles. The van der Waals surface area contributed by atoms with E-state index in [0.29, 0.717) is 6.42 Å². The third kappa shape index (κ3) is 6.44. The summed E-state index contributed by atoms with van der Waals surface area (Å²) in [6, 6.07) is 21.3. The zero-order valence-corrected chi connectivity index (χ0v) is 17.2. The van der Waals surface area contributed by atoms with Crippen molar-refractivity contribution >= 4 is 5.91 Å². The van der Waals surface area contributed by atoms with Crippen molar-refractivity contribution in [2.75, 3.05) is 4.43 Å². The number of carbonyl (C=O) groups excluding carboxylic acids is 1. The molecule has 0 fully saturated rings. The topological polar surface area (TPSA) is 46.3 Å². The molecule has 1 amide bonds. The predicted molar refractivity (Wildman–Crippen MR) is 99.6 cm³/mol. The molecule has 0 bridgehead atoms. The van der Waals surface area contributed by atoms with Crippen molar-refractivity contribution in [3.05, 3.63) is 71.8 Å². The number of benzene rings is 2. The average molecular weight is 451 g/mol. The normalized spacial score (nSPS) is 13.7. The second-order valence-electron chi connectivity index (χ2n) is 6.19. The number of hydrogen-bond acceptors (Lipinski definition) is 2. The Morgan fingerprint density at radius 3 is 2.24 bits per heavy atom. The number of nitrogens with two attached hydrogens (primary N) is 1. The van der Waals surface area contributed by atoms with E-state index in [2.05, 4.69) is 67.3 Å². The van der Waals surface area contributed by atoms with Crippen LogP contribution in [0.4, 0.5) is 0 Å². The molecule has 2 atom stereocenters. The van der Waals surface area contributed by atoms with Gasteiger partial charge in [-0.25, -0.2) is 0 Å². The van der Waals surface area contributed by atoms with Crippen molar-refractivity contribution in [2.45, 2.75) is 43.3 Å². The molecule has 0 saturated carbocycles. The molecule has 0 heterocycles. The van der Waals surface area contributed by atoms with Crippen molar-refractivity contribution in [1.29, 1.82) is 0 Å². The first-order valence-electron chi connectivity index (χ1n) is 8.82. The van der Waals surface area contributed by atoms with E-state index in [-0.39, 0.29) is 37.2 Å². The minimum atomic E-state index is -0.195. The van der Waals surface area contributed by atoms with E-state index in [1.165, 1.54) is 22.0 Å². The van der Waals surface area contributed by atoms with Crippen LogP contribution in [0.25, 0.3) is 0 Å². The number of rotatable bonds is 10. The molecule has 0 spiro atoms. The first-order chi connectivity index (χ1) is 12.1. The van der Waals surface area contributed by atoms with Crippen molar-refractivity contribution in [3.8, 4) is 0 Å². The van der Waals surface area contributed by atoms with E-state index in [0.717, 1.165) is 6.54 Å². The van der Waals surface area contributed by atoms with Crippen molar-refractivity contribution in [1.82, 2.24) is 4.90 Å². The first kappa shape index (κ1) is 19.9. The molecule has 0 aliphatic heterocycles. The van der Waals surface area contributed by atoms with Crippen LogP contribution in [0.2, 0.25) is 0 Å². The number of carbonyl (C=O) groups is 1. The summed E-state index contributed by atoms with van der Waals surface area (Å²) in [5.41, 5.74) is 8.15. The summed E-state index contributed by atoms with van der Waals surface area (Å²) >= 11 is -0.114. The third-order valence-corrected chi connectivity index (χ3v) is 8.07. The standard InChI is InChI=1S/C21H28IN2O/c1-3-14-22-20(15-21(23)25)24(16-18-10-6-4-7-11-18)17(2)19-12-8-5-9-13-19/h4-13,17,20H,3,14-16H2,1-2H3,(H2,23,25)/q-1/t17-,20?/m0/s1. The summed E-state index contributed by atoms with van der Waals surface area (Å²) in [6.45, 7) is 5.30. The number of halogens is 1. The Kier molecular flexibility index (Phi) is 8.41. The van der Waals surface area contributed by atoms with Gasteiger partial charge in [-0.05, 0) is 0 Å². The quantitative estimate of drug-likeness (QED) is 0.332. The van der Waals surface area contributed by atoms with Gasteiger partial charge in [-0.1, -0.05) is 0 Å². The van der Waals surface area contributed by atoms with Gasteiger partial charge in [0.05, 0.1) is 0 Å². The van der Waals surface area contributed by atoms with Crippen molar-refractivity contribution in [2.24, 2.45) is 5.73 Å². The van der Waals surface area contributed by atoms with Crippen LogP contribution in [0.1, 0.15) is 43.9 Å². The molecule has 0 saturated heterocycles.